The Hall–Kier alpha value is -2.76. The highest BCUT2D eigenvalue weighted by Crippen LogP contribution is 2.23. The van der Waals surface area contributed by atoms with Crippen LogP contribution in [-0.4, -0.2) is 34.6 Å². The van der Waals surface area contributed by atoms with Crippen LogP contribution in [0.25, 0.3) is 0 Å². The quantitative estimate of drug-likeness (QED) is 0.247. The molecule has 0 unspecified atom stereocenters. The molecule has 1 saturated carbocycles. The zero-order valence-electron chi connectivity index (χ0n) is 21.9. The van der Waals surface area contributed by atoms with Gasteiger partial charge in [-0.3, -0.25) is 9.59 Å². The number of nitrogens with one attached hydrogen (secondary N) is 1. The van der Waals surface area contributed by atoms with Gasteiger partial charge in [-0.05, 0) is 35.6 Å². The Morgan fingerprint density at radius 1 is 0.868 bits per heavy atom. The zero-order valence-corrected chi connectivity index (χ0v) is 23.4. The van der Waals surface area contributed by atoms with Gasteiger partial charge in [0.05, 0.1) is 0 Å². The van der Waals surface area contributed by atoms with E-state index in [1.165, 1.54) is 12.0 Å². The highest BCUT2D eigenvalue weighted by Gasteiger charge is 2.32. The third-order valence-electron chi connectivity index (χ3n) is 7.09. The lowest BCUT2D eigenvalue weighted by Gasteiger charge is -2.33. The molecule has 2 amide bonds. The van der Waals surface area contributed by atoms with Gasteiger partial charge in [-0.1, -0.05) is 110 Å². The summed E-state index contributed by atoms with van der Waals surface area (Å²) < 4.78 is 0. The maximum Gasteiger partial charge on any atom is 0.243 e. The van der Waals surface area contributed by atoms with Crippen molar-refractivity contribution in [3.05, 3.63) is 107 Å². The molecule has 1 aliphatic carbocycles. The molecule has 200 valence electrons. The summed E-state index contributed by atoms with van der Waals surface area (Å²) in [6.45, 7) is 0.303. The van der Waals surface area contributed by atoms with Crippen LogP contribution >= 0.6 is 23.4 Å². The Bertz CT molecular complexity index is 1150. The van der Waals surface area contributed by atoms with Crippen LogP contribution in [0, 0.1) is 0 Å². The normalized spacial score (nSPS) is 14.6. The first-order chi connectivity index (χ1) is 18.6. The van der Waals surface area contributed by atoms with Crippen molar-refractivity contribution in [2.24, 2.45) is 0 Å². The van der Waals surface area contributed by atoms with Crippen LogP contribution in [0.1, 0.15) is 55.2 Å². The highest BCUT2D eigenvalue weighted by molar-refractivity contribution is 7.98. The number of carbonyl (C=O) groups is 2. The molecule has 4 rings (SSSR count). The van der Waals surface area contributed by atoms with E-state index in [4.69, 9.17) is 11.6 Å². The minimum atomic E-state index is -0.609. The molecule has 0 saturated heterocycles. The molecule has 0 spiro atoms. The summed E-state index contributed by atoms with van der Waals surface area (Å²) in [5, 5.41) is 3.90. The van der Waals surface area contributed by atoms with E-state index in [1.54, 1.807) is 16.7 Å². The maximum absolute atomic E-state index is 13.8. The number of hydrogen-bond donors (Lipinski definition) is 1. The first-order valence-corrected chi connectivity index (χ1v) is 15.1. The number of hydrogen-bond acceptors (Lipinski definition) is 3. The number of amides is 2. The van der Waals surface area contributed by atoms with E-state index < -0.39 is 6.04 Å². The van der Waals surface area contributed by atoms with E-state index >= 15 is 0 Å². The van der Waals surface area contributed by atoms with Gasteiger partial charge in [0.1, 0.15) is 6.04 Å². The fourth-order valence-corrected chi connectivity index (χ4v) is 6.06. The van der Waals surface area contributed by atoms with E-state index in [2.05, 4.69) is 17.4 Å². The molecule has 0 bridgehead atoms. The van der Waals surface area contributed by atoms with Gasteiger partial charge < -0.3 is 10.2 Å². The topological polar surface area (TPSA) is 49.4 Å². The second-order valence-electron chi connectivity index (χ2n) is 9.95. The number of halogens is 1. The summed E-state index contributed by atoms with van der Waals surface area (Å²) in [6.07, 6.45) is 6.31. The van der Waals surface area contributed by atoms with Crippen molar-refractivity contribution in [2.45, 2.75) is 69.3 Å². The predicted molar refractivity (Wildman–Crippen MR) is 158 cm³/mol. The Labute approximate surface area is 236 Å². The van der Waals surface area contributed by atoms with Gasteiger partial charge in [-0.25, -0.2) is 0 Å². The van der Waals surface area contributed by atoms with Crippen molar-refractivity contribution in [3.8, 4) is 0 Å². The fourth-order valence-electron chi connectivity index (χ4n) is 4.98. The zero-order chi connectivity index (χ0) is 26.6. The van der Waals surface area contributed by atoms with E-state index in [9.17, 15) is 9.59 Å². The molecule has 38 heavy (non-hydrogen) atoms. The average molecular weight is 549 g/mol. The van der Waals surface area contributed by atoms with E-state index in [0.717, 1.165) is 42.6 Å². The van der Waals surface area contributed by atoms with Gasteiger partial charge in [-0.2, -0.15) is 11.8 Å². The molecule has 1 fully saturated rings. The first-order valence-electron chi connectivity index (χ1n) is 13.6. The predicted octanol–water partition coefficient (Wildman–Crippen LogP) is 7.05. The van der Waals surface area contributed by atoms with Crippen LogP contribution in [0.4, 0.5) is 0 Å². The Morgan fingerprint density at radius 3 is 2.18 bits per heavy atom. The van der Waals surface area contributed by atoms with Crippen molar-refractivity contribution in [1.82, 2.24) is 10.2 Å². The van der Waals surface area contributed by atoms with Gasteiger partial charge in [-0.15, -0.1) is 0 Å². The van der Waals surface area contributed by atoms with E-state index in [0.29, 0.717) is 30.2 Å². The first kappa shape index (κ1) is 28.3. The third-order valence-corrected chi connectivity index (χ3v) is 8.49. The van der Waals surface area contributed by atoms with Crippen molar-refractivity contribution in [1.29, 1.82) is 0 Å². The molecular weight excluding hydrogens is 512 g/mol. The van der Waals surface area contributed by atoms with Crippen LogP contribution in [0.5, 0.6) is 0 Å². The molecule has 3 aromatic rings. The van der Waals surface area contributed by atoms with Gasteiger partial charge >= 0.3 is 0 Å². The smallest absolute Gasteiger partial charge is 0.243 e. The second kappa shape index (κ2) is 15.0. The summed E-state index contributed by atoms with van der Waals surface area (Å²) >= 11 is 8.27. The van der Waals surface area contributed by atoms with Crippen molar-refractivity contribution >= 4 is 35.2 Å². The lowest BCUT2D eigenvalue weighted by atomic mass is 9.94. The summed E-state index contributed by atoms with van der Waals surface area (Å²) in [5.41, 5.74) is 3.13. The summed E-state index contributed by atoms with van der Waals surface area (Å²) in [5.74, 6) is 1.45. The molecule has 1 aliphatic rings. The number of thioether (sulfide) groups is 1. The number of carbonyl (C=O) groups excluding carboxylic acids is 2. The molecule has 3 aromatic carbocycles. The lowest BCUT2D eigenvalue weighted by Crippen LogP contribution is -2.53. The monoisotopic (exact) mass is 548 g/mol. The van der Waals surface area contributed by atoms with Gasteiger partial charge in [0.15, 0.2) is 0 Å². The van der Waals surface area contributed by atoms with E-state index in [1.807, 2.05) is 72.8 Å². The SMILES string of the molecule is O=C(NC1CCCCC1)[C@@H](Cc1ccccc1)N(Cc1ccccc1Cl)C(=O)CCSCc1ccccc1. The Morgan fingerprint density at radius 2 is 1.50 bits per heavy atom. The van der Waals surface area contributed by atoms with Crippen LogP contribution in [0.3, 0.4) is 0 Å². The fraction of sp³-hybridized carbons (Fsp3) is 0.375. The third kappa shape index (κ3) is 8.64. The average Bonchev–Trinajstić information content (AvgIpc) is 2.95. The van der Waals surface area contributed by atoms with Crippen molar-refractivity contribution in [2.75, 3.05) is 5.75 Å². The molecule has 0 aliphatic heterocycles. The van der Waals surface area contributed by atoms with Crippen LogP contribution < -0.4 is 5.32 Å². The van der Waals surface area contributed by atoms with Crippen molar-refractivity contribution in [3.63, 3.8) is 0 Å². The molecule has 0 radical (unpaired) electrons. The molecule has 1 N–H and O–H groups in total. The van der Waals surface area contributed by atoms with Gasteiger partial charge in [0.2, 0.25) is 11.8 Å². The number of nitrogens with zero attached hydrogens (tertiary/aromatic N) is 1. The summed E-state index contributed by atoms with van der Waals surface area (Å²) in [4.78, 5) is 29.4. The molecule has 0 aromatic heterocycles. The highest BCUT2D eigenvalue weighted by atomic mass is 35.5. The van der Waals surface area contributed by atoms with Gasteiger partial charge in [0.25, 0.3) is 0 Å². The minimum absolute atomic E-state index is 0.0230. The Balaban J connectivity index is 1.53. The lowest BCUT2D eigenvalue weighted by molar-refractivity contribution is -0.141. The van der Waals surface area contributed by atoms with Gasteiger partial charge in [0, 0.05) is 42.0 Å². The maximum atomic E-state index is 13.8. The minimum Gasteiger partial charge on any atom is -0.352 e. The number of benzene rings is 3. The molecule has 4 nitrogen and oxygen atoms in total. The van der Waals surface area contributed by atoms with Crippen LogP contribution in [0.15, 0.2) is 84.9 Å². The Kier molecular flexibility index (Phi) is 11.1. The largest absolute Gasteiger partial charge is 0.352 e. The van der Waals surface area contributed by atoms with Crippen molar-refractivity contribution < 1.29 is 9.59 Å². The van der Waals surface area contributed by atoms with E-state index in [-0.39, 0.29) is 17.9 Å². The molecule has 0 heterocycles. The molecule has 1 atom stereocenters. The molecule has 6 heteroatoms. The summed E-state index contributed by atoms with van der Waals surface area (Å²) in [7, 11) is 0. The molecular formula is C32H37ClN2O2S. The van der Waals surface area contributed by atoms with Crippen LogP contribution in [-0.2, 0) is 28.3 Å². The standard InChI is InChI=1S/C32H37ClN2O2S/c33-29-19-11-10-16-27(29)23-35(31(36)20-21-38-24-26-14-6-2-7-15-26)30(22-25-12-4-1-5-13-25)32(37)34-28-17-8-3-9-18-28/h1-2,4-7,10-16,19,28,30H,3,8-9,17-18,20-24H2,(H,34,37)/t30-/m1/s1. The second-order valence-corrected chi connectivity index (χ2v) is 11.5. The number of rotatable bonds is 12. The summed E-state index contributed by atoms with van der Waals surface area (Å²) in [6, 6.07) is 27.4. The van der Waals surface area contributed by atoms with Crippen LogP contribution in [0.2, 0.25) is 5.02 Å².